The van der Waals surface area contributed by atoms with E-state index in [0.29, 0.717) is 0 Å². The molecule has 0 fully saturated rings. The summed E-state index contributed by atoms with van der Waals surface area (Å²) < 4.78 is 5.49. The first-order valence-corrected chi connectivity index (χ1v) is 6.68. The van der Waals surface area contributed by atoms with E-state index in [1.807, 2.05) is 0 Å². The first-order chi connectivity index (χ1) is 8.83. The summed E-state index contributed by atoms with van der Waals surface area (Å²) in [7, 11) is 0. The SMILES string of the molecule is CCC(C#N)CNCCc1ccc2c(c1)CCO2. The Balaban J connectivity index is 1.76. The number of fused-ring (bicyclic) bond motifs is 1. The summed E-state index contributed by atoms with van der Waals surface area (Å²) in [5, 5.41) is 12.2. The van der Waals surface area contributed by atoms with E-state index < -0.39 is 0 Å². The van der Waals surface area contributed by atoms with E-state index in [2.05, 4.69) is 36.5 Å². The highest BCUT2D eigenvalue weighted by Crippen LogP contribution is 2.25. The van der Waals surface area contributed by atoms with E-state index in [1.54, 1.807) is 0 Å². The number of hydrogen-bond acceptors (Lipinski definition) is 3. The number of rotatable bonds is 6. The fourth-order valence-corrected chi connectivity index (χ4v) is 2.19. The van der Waals surface area contributed by atoms with Gasteiger partial charge in [0.05, 0.1) is 18.6 Å². The molecular weight excluding hydrogens is 224 g/mol. The van der Waals surface area contributed by atoms with E-state index in [9.17, 15) is 0 Å². The van der Waals surface area contributed by atoms with Gasteiger partial charge in [-0.15, -0.1) is 0 Å². The molecular formula is C15H20N2O. The number of nitriles is 1. The molecule has 1 heterocycles. The minimum Gasteiger partial charge on any atom is -0.493 e. The van der Waals surface area contributed by atoms with Crippen molar-refractivity contribution in [3.8, 4) is 11.8 Å². The fourth-order valence-electron chi connectivity index (χ4n) is 2.19. The summed E-state index contributed by atoms with van der Waals surface area (Å²) in [5.41, 5.74) is 2.67. The van der Waals surface area contributed by atoms with Crippen LogP contribution in [0, 0.1) is 17.2 Å². The van der Waals surface area contributed by atoms with Gasteiger partial charge in [-0.3, -0.25) is 0 Å². The Hall–Kier alpha value is -1.53. The summed E-state index contributed by atoms with van der Waals surface area (Å²) in [5.74, 6) is 1.18. The highest BCUT2D eigenvalue weighted by molar-refractivity contribution is 5.39. The monoisotopic (exact) mass is 244 g/mol. The van der Waals surface area contributed by atoms with Crippen LogP contribution in [0.1, 0.15) is 24.5 Å². The van der Waals surface area contributed by atoms with E-state index in [1.165, 1.54) is 11.1 Å². The minimum absolute atomic E-state index is 0.137. The maximum absolute atomic E-state index is 8.84. The van der Waals surface area contributed by atoms with Crippen LogP contribution < -0.4 is 10.1 Å². The van der Waals surface area contributed by atoms with Crippen LogP contribution in [0.3, 0.4) is 0 Å². The Labute approximate surface area is 109 Å². The summed E-state index contributed by atoms with van der Waals surface area (Å²) in [6.07, 6.45) is 2.96. The summed E-state index contributed by atoms with van der Waals surface area (Å²) in [6, 6.07) is 8.75. The molecule has 0 aliphatic carbocycles. The quantitative estimate of drug-likeness (QED) is 0.781. The molecule has 0 saturated carbocycles. The summed E-state index contributed by atoms with van der Waals surface area (Å²) in [6.45, 7) is 4.59. The molecule has 1 N–H and O–H groups in total. The zero-order valence-electron chi connectivity index (χ0n) is 10.9. The van der Waals surface area contributed by atoms with Crippen molar-refractivity contribution >= 4 is 0 Å². The van der Waals surface area contributed by atoms with Crippen LogP contribution in [-0.4, -0.2) is 19.7 Å². The number of hydrogen-bond donors (Lipinski definition) is 1. The van der Waals surface area contributed by atoms with Crippen molar-refractivity contribution < 1.29 is 4.74 Å². The summed E-state index contributed by atoms with van der Waals surface area (Å²) in [4.78, 5) is 0. The lowest BCUT2D eigenvalue weighted by Gasteiger charge is -2.08. The molecule has 18 heavy (non-hydrogen) atoms. The van der Waals surface area contributed by atoms with Gasteiger partial charge >= 0.3 is 0 Å². The average molecular weight is 244 g/mol. The Kier molecular flexibility index (Phi) is 4.60. The van der Waals surface area contributed by atoms with Gasteiger partial charge in [-0.05, 0) is 36.6 Å². The molecule has 1 unspecified atom stereocenters. The van der Waals surface area contributed by atoms with Gasteiger partial charge in [0, 0.05) is 13.0 Å². The minimum atomic E-state index is 0.137. The second-order valence-electron chi connectivity index (χ2n) is 4.73. The number of benzene rings is 1. The Morgan fingerprint density at radius 3 is 3.17 bits per heavy atom. The molecule has 0 saturated heterocycles. The number of nitrogens with one attached hydrogen (secondary N) is 1. The first-order valence-electron chi connectivity index (χ1n) is 6.68. The third kappa shape index (κ3) is 3.24. The fraction of sp³-hybridized carbons (Fsp3) is 0.533. The van der Waals surface area contributed by atoms with Gasteiger partial charge in [0.1, 0.15) is 5.75 Å². The largest absolute Gasteiger partial charge is 0.493 e. The second-order valence-corrected chi connectivity index (χ2v) is 4.73. The van der Waals surface area contributed by atoms with E-state index in [-0.39, 0.29) is 5.92 Å². The zero-order chi connectivity index (χ0) is 12.8. The molecule has 1 aliphatic rings. The molecule has 1 aliphatic heterocycles. The van der Waals surface area contributed by atoms with E-state index in [4.69, 9.17) is 10.00 Å². The lowest BCUT2D eigenvalue weighted by atomic mass is 10.1. The van der Waals surface area contributed by atoms with Gasteiger partial charge in [0.2, 0.25) is 0 Å². The molecule has 0 bridgehead atoms. The topological polar surface area (TPSA) is 45.0 Å². The first kappa shape index (κ1) is 12.9. The van der Waals surface area contributed by atoms with Gasteiger partial charge in [-0.1, -0.05) is 19.1 Å². The maximum atomic E-state index is 8.84. The molecule has 3 nitrogen and oxygen atoms in total. The molecule has 1 aromatic carbocycles. The average Bonchev–Trinajstić information content (AvgIpc) is 2.86. The molecule has 96 valence electrons. The Morgan fingerprint density at radius 1 is 1.50 bits per heavy atom. The van der Waals surface area contributed by atoms with Crippen LogP contribution in [0.25, 0.3) is 0 Å². The van der Waals surface area contributed by atoms with Crippen LogP contribution in [0.15, 0.2) is 18.2 Å². The van der Waals surface area contributed by atoms with Crippen molar-refractivity contribution in [1.29, 1.82) is 5.26 Å². The lowest BCUT2D eigenvalue weighted by molar-refractivity contribution is 0.357. The predicted molar refractivity (Wildman–Crippen MR) is 71.6 cm³/mol. The highest BCUT2D eigenvalue weighted by atomic mass is 16.5. The third-order valence-electron chi connectivity index (χ3n) is 3.41. The highest BCUT2D eigenvalue weighted by Gasteiger charge is 2.11. The van der Waals surface area contributed by atoms with Gasteiger partial charge in [0.25, 0.3) is 0 Å². The zero-order valence-corrected chi connectivity index (χ0v) is 10.9. The van der Waals surface area contributed by atoms with Crippen LogP contribution in [0.2, 0.25) is 0 Å². The van der Waals surface area contributed by atoms with Gasteiger partial charge in [-0.2, -0.15) is 5.26 Å². The molecule has 3 heteroatoms. The number of ether oxygens (including phenoxy) is 1. The van der Waals surface area contributed by atoms with E-state index in [0.717, 1.165) is 44.7 Å². The van der Waals surface area contributed by atoms with Crippen molar-refractivity contribution in [3.05, 3.63) is 29.3 Å². The van der Waals surface area contributed by atoms with Gasteiger partial charge in [0.15, 0.2) is 0 Å². The Morgan fingerprint density at radius 2 is 2.39 bits per heavy atom. The molecule has 0 spiro atoms. The molecule has 0 amide bonds. The smallest absolute Gasteiger partial charge is 0.122 e. The lowest BCUT2D eigenvalue weighted by Crippen LogP contribution is -2.23. The third-order valence-corrected chi connectivity index (χ3v) is 3.41. The molecule has 2 rings (SSSR count). The van der Waals surface area contributed by atoms with E-state index >= 15 is 0 Å². The van der Waals surface area contributed by atoms with Crippen LogP contribution in [-0.2, 0) is 12.8 Å². The van der Waals surface area contributed by atoms with Gasteiger partial charge in [-0.25, -0.2) is 0 Å². The molecule has 1 atom stereocenters. The van der Waals surface area contributed by atoms with Crippen molar-refractivity contribution in [3.63, 3.8) is 0 Å². The van der Waals surface area contributed by atoms with Crippen LogP contribution >= 0.6 is 0 Å². The molecule has 0 aromatic heterocycles. The second kappa shape index (κ2) is 6.42. The van der Waals surface area contributed by atoms with Crippen LogP contribution in [0.4, 0.5) is 0 Å². The van der Waals surface area contributed by atoms with Crippen molar-refractivity contribution in [2.45, 2.75) is 26.2 Å². The normalized spacial score (nSPS) is 14.7. The Bertz CT molecular complexity index is 437. The molecule has 1 aromatic rings. The van der Waals surface area contributed by atoms with Crippen molar-refractivity contribution in [2.24, 2.45) is 5.92 Å². The summed E-state index contributed by atoms with van der Waals surface area (Å²) >= 11 is 0. The number of nitrogens with zero attached hydrogens (tertiary/aromatic N) is 1. The van der Waals surface area contributed by atoms with Crippen molar-refractivity contribution in [2.75, 3.05) is 19.7 Å². The standard InChI is InChI=1S/C15H20N2O/c1-2-12(10-16)11-17-7-5-13-3-4-15-14(9-13)6-8-18-15/h3-4,9,12,17H,2,5-8,11H2,1H3. The maximum Gasteiger partial charge on any atom is 0.122 e. The molecule has 0 radical (unpaired) electrons. The van der Waals surface area contributed by atoms with Crippen LogP contribution in [0.5, 0.6) is 5.75 Å². The predicted octanol–water partition coefficient (Wildman–Crippen LogP) is 2.30. The van der Waals surface area contributed by atoms with Gasteiger partial charge < -0.3 is 10.1 Å². The van der Waals surface area contributed by atoms with Crippen molar-refractivity contribution in [1.82, 2.24) is 5.32 Å².